The van der Waals surface area contributed by atoms with Gasteiger partial charge in [-0.05, 0) is 55.7 Å². The molecule has 0 aliphatic rings. The Kier molecular flexibility index (Phi) is 7.82. The number of rotatable bonds is 10. The maximum Gasteiger partial charge on any atom is 0.238 e. The molecular weight excluding hydrogens is 483 g/mol. The maximum absolute atomic E-state index is 14.3. The molecule has 2 aromatic carbocycles. The number of primary sulfonamides is 1. The van der Waals surface area contributed by atoms with Crippen LogP contribution in [0.1, 0.15) is 18.1 Å². The topological polar surface area (TPSA) is 156 Å². The van der Waals surface area contributed by atoms with Crippen molar-refractivity contribution in [2.75, 3.05) is 22.9 Å². The third-order valence-electron chi connectivity index (χ3n) is 4.83. The van der Waals surface area contributed by atoms with E-state index in [0.29, 0.717) is 23.4 Å². The zero-order valence-electron chi connectivity index (χ0n) is 18.5. The van der Waals surface area contributed by atoms with E-state index in [0.717, 1.165) is 11.8 Å². The molecule has 1 aromatic heterocycles. The van der Waals surface area contributed by atoms with Crippen LogP contribution in [0.5, 0.6) is 0 Å². The molecule has 13 heteroatoms. The molecule has 1 heterocycles. The third kappa shape index (κ3) is 6.93. The summed E-state index contributed by atoms with van der Waals surface area (Å²) >= 11 is 0. The number of aryl methyl sites for hydroxylation is 1. The van der Waals surface area contributed by atoms with Crippen molar-refractivity contribution in [1.82, 2.24) is 14.7 Å². The highest BCUT2D eigenvalue weighted by atomic mass is 32.2. The summed E-state index contributed by atoms with van der Waals surface area (Å²) in [5, 5.41) is 10.9. The number of nitrogens with zero attached hydrogens (tertiary/aromatic N) is 2. The number of sulfonamides is 2. The Balaban J connectivity index is 1.70. The molecule has 0 spiro atoms. The van der Waals surface area contributed by atoms with Gasteiger partial charge < -0.3 is 10.6 Å². The molecule has 0 saturated carbocycles. The molecule has 0 bridgehead atoms. The average molecular weight is 509 g/mol. The van der Waals surface area contributed by atoms with E-state index in [-0.39, 0.29) is 29.0 Å². The molecule has 0 saturated heterocycles. The van der Waals surface area contributed by atoms with Gasteiger partial charge >= 0.3 is 0 Å². The summed E-state index contributed by atoms with van der Waals surface area (Å²) in [5.74, 6) is -0.695. The smallest absolute Gasteiger partial charge is 0.238 e. The molecule has 3 aromatic rings. The standard InChI is InChI=1S/C21H25FN6O4S2/c1-3-33(29,30)25-11-10-15-5-8-16(9-6-15)26-20-18(22)13-24-21(28-20)27-17-7-4-14(2)19(12-17)34(23,31)32/h4-9,12-13,25H,3,10-11H2,1-2H3,(H2,23,31,32)(H2,24,26,27,28). The van der Waals surface area contributed by atoms with Gasteiger partial charge in [0, 0.05) is 17.9 Å². The molecule has 0 aliphatic carbocycles. The quantitative estimate of drug-likeness (QED) is 0.325. The van der Waals surface area contributed by atoms with E-state index >= 15 is 0 Å². The van der Waals surface area contributed by atoms with Crippen LogP contribution in [0.3, 0.4) is 0 Å². The number of benzene rings is 2. The number of nitrogens with one attached hydrogen (secondary N) is 3. The molecule has 3 rings (SSSR count). The highest BCUT2D eigenvalue weighted by Crippen LogP contribution is 2.23. The van der Waals surface area contributed by atoms with Gasteiger partial charge in [0.15, 0.2) is 11.6 Å². The van der Waals surface area contributed by atoms with Crippen LogP contribution in [0.25, 0.3) is 0 Å². The maximum atomic E-state index is 14.3. The second kappa shape index (κ2) is 10.4. The normalized spacial score (nSPS) is 11.9. The first kappa shape index (κ1) is 25.5. The van der Waals surface area contributed by atoms with Crippen molar-refractivity contribution in [1.29, 1.82) is 0 Å². The van der Waals surface area contributed by atoms with E-state index in [1.807, 2.05) is 0 Å². The summed E-state index contributed by atoms with van der Waals surface area (Å²) in [5.41, 5.74) is 2.32. The lowest BCUT2D eigenvalue weighted by molar-refractivity contribution is 0.582. The van der Waals surface area contributed by atoms with Gasteiger partial charge in [-0.2, -0.15) is 4.98 Å². The molecule has 0 atom stereocenters. The number of nitrogens with two attached hydrogens (primary N) is 1. The number of aromatic nitrogens is 2. The van der Waals surface area contributed by atoms with Crippen molar-refractivity contribution < 1.29 is 21.2 Å². The SMILES string of the molecule is CCS(=O)(=O)NCCc1ccc(Nc2nc(Nc3ccc(C)c(S(N)(=O)=O)c3)ncc2F)cc1. The monoisotopic (exact) mass is 508 g/mol. The second-order valence-corrected chi connectivity index (χ2v) is 11.0. The Bertz CT molecular complexity index is 1380. The van der Waals surface area contributed by atoms with Crippen LogP contribution in [0.4, 0.5) is 27.5 Å². The Morgan fingerprint density at radius 3 is 2.32 bits per heavy atom. The Hall–Kier alpha value is -3.13. The Labute approximate surface area is 197 Å². The van der Waals surface area contributed by atoms with Gasteiger partial charge in [0.25, 0.3) is 0 Å². The molecule has 0 unspecified atom stereocenters. The first-order valence-electron chi connectivity index (χ1n) is 10.2. The highest BCUT2D eigenvalue weighted by molar-refractivity contribution is 7.89. The molecule has 5 N–H and O–H groups in total. The molecular formula is C21H25FN6O4S2. The minimum absolute atomic E-state index is 0.0222. The second-order valence-electron chi connectivity index (χ2n) is 7.41. The predicted octanol–water partition coefficient (Wildman–Crippen LogP) is 2.54. The minimum Gasteiger partial charge on any atom is -0.338 e. The number of anilines is 4. The van der Waals surface area contributed by atoms with Gasteiger partial charge in [0.2, 0.25) is 26.0 Å². The molecule has 10 nitrogen and oxygen atoms in total. The molecule has 34 heavy (non-hydrogen) atoms. The Morgan fingerprint density at radius 1 is 1.00 bits per heavy atom. The lowest BCUT2D eigenvalue weighted by Gasteiger charge is -2.11. The third-order valence-corrected chi connectivity index (χ3v) is 7.28. The average Bonchev–Trinajstić information content (AvgIpc) is 2.77. The van der Waals surface area contributed by atoms with Crippen molar-refractivity contribution >= 4 is 43.2 Å². The summed E-state index contributed by atoms with van der Waals surface area (Å²) in [6, 6.07) is 11.6. The highest BCUT2D eigenvalue weighted by Gasteiger charge is 2.14. The van der Waals surface area contributed by atoms with Gasteiger partial charge in [0.1, 0.15) is 0 Å². The van der Waals surface area contributed by atoms with Gasteiger partial charge in [-0.1, -0.05) is 18.2 Å². The van der Waals surface area contributed by atoms with Crippen LogP contribution in [0.2, 0.25) is 0 Å². The lowest BCUT2D eigenvalue weighted by atomic mass is 10.1. The van der Waals surface area contributed by atoms with Crippen molar-refractivity contribution in [3.63, 3.8) is 0 Å². The van der Waals surface area contributed by atoms with E-state index in [9.17, 15) is 21.2 Å². The van der Waals surface area contributed by atoms with Crippen LogP contribution >= 0.6 is 0 Å². The zero-order chi connectivity index (χ0) is 24.9. The lowest BCUT2D eigenvalue weighted by Crippen LogP contribution is -2.27. The van der Waals surface area contributed by atoms with Gasteiger partial charge in [-0.15, -0.1) is 0 Å². The summed E-state index contributed by atoms with van der Waals surface area (Å²) in [6.45, 7) is 3.47. The van der Waals surface area contributed by atoms with Crippen LogP contribution in [0, 0.1) is 12.7 Å². The minimum atomic E-state index is -3.91. The van der Waals surface area contributed by atoms with E-state index in [1.165, 1.54) is 6.07 Å². The van der Waals surface area contributed by atoms with Crippen LogP contribution in [-0.2, 0) is 26.5 Å². The van der Waals surface area contributed by atoms with Crippen molar-refractivity contribution in [2.24, 2.45) is 5.14 Å². The predicted molar refractivity (Wildman–Crippen MR) is 129 cm³/mol. The van der Waals surface area contributed by atoms with E-state index in [1.54, 1.807) is 50.2 Å². The molecule has 0 fully saturated rings. The van der Waals surface area contributed by atoms with Crippen molar-refractivity contribution in [3.8, 4) is 0 Å². The number of halogens is 1. The van der Waals surface area contributed by atoms with Gasteiger partial charge in [0.05, 0.1) is 16.8 Å². The summed E-state index contributed by atoms with van der Waals surface area (Å²) < 4.78 is 63.2. The fraction of sp³-hybridized carbons (Fsp3) is 0.238. The van der Waals surface area contributed by atoms with Crippen LogP contribution in [0.15, 0.2) is 53.6 Å². The molecule has 182 valence electrons. The van der Waals surface area contributed by atoms with E-state index in [4.69, 9.17) is 5.14 Å². The van der Waals surface area contributed by atoms with Gasteiger partial charge in [-0.25, -0.2) is 36.1 Å². The number of hydrogen-bond acceptors (Lipinski definition) is 8. The Morgan fingerprint density at radius 2 is 1.68 bits per heavy atom. The molecule has 0 aliphatic heterocycles. The fourth-order valence-electron chi connectivity index (χ4n) is 2.97. The first-order valence-corrected chi connectivity index (χ1v) is 13.4. The van der Waals surface area contributed by atoms with Crippen LogP contribution < -0.4 is 20.5 Å². The number of hydrogen-bond donors (Lipinski definition) is 4. The summed E-state index contributed by atoms with van der Waals surface area (Å²) in [6.07, 6.45) is 1.49. The fourth-order valence-corrected chi connectivity index (χ4v) is 4.40. The van der Waals surface area contributed by atoms with Gasteiger partial charge in [-0.3, -0.25) is 0 Å². The van der Waals surface area contributed by atoms with Crippen molar-refractivity contribution in [3.05, 3.63) is 65.6 Å². The summed E-state index contributed by atoms with van der Waals surface area (Å²) in [7, 11) is -7.15. The molecule has 0 radical (unpaired) electrons. The molecule has 0 amide bonds. The first-order chi connectivity index (χ1) is 16.0. The van der Waals surface area contributed by atoms with Crippen LogP contribution in [-0.4, -0.2) is 39.1 Å². The largest absolute Gasteiger partial charge is 0.338 e. The zero-order valence-corrected chi connectivity index (χ0v) is 20.2. The van der Waals surface area contributed by atoms with Crippen molar-refractivity contribution in [2.45, 2.75) is 25.2 Å². The van der Waals surface area contributed by atoms with E-state index < -0.39 is 25.9 Å². The van der Waals surface area contributed by atoms with E-state index in [2.05, 4.69) is 25.3 Å². The summed E-state index contributed by atoms with van der Waals surface area (Å²) in [4.78, 5) is 7.97.